The fraction of sp³-hybridized carbons (Fsp3) is 0.368. The molecule has 2 unspecified atom stereocenters. The van der Waals surface area contributed by atoms with Crippen LogP contribution in [0.5, 0.6) is 0 Å². The molecule has 0 amide bonds. The van der Waals surface area contributed by atoms with Crippen LogP contribution in [0.15, 0.2) is 152 Å². The van der Waals surface area contributed by atoms with Gasteiger partial charge < -0.3 is 14.7 Å². The number of nitrogens with zero attached hydrogens (tertiary/aromatic N) is 3. The van der Waals surface area contributed by atoms with Crippen LogP contribution in [0.2, 0.25) is 0 Å². The third kappa shape index (κ3) is 7.25. The first kappa shape index (κ1) is 51.3. The van der Waals surface area contributed by atoms with E-state index < -0.39 is 0 Å². The van der Waals surface area contributed by atoms with Crippen LogP contribution in [0.3, 0.4) is 0 Å². The molecule has 4 heterocycles. The third-order valence-corrected chi connectivity index (χ3v) is 23.2. The van der Waals surface area contributed by atoms with Crippen LogP contribution in [-0.4, -0.2) is 12.3 Å². The van der Waals surface area contributed by atoms with E-state index in [1.165, 1.54) is 166 Å². The molecule has 3 nitrogen and oxygen atoms in total. The smallest absolute Gasteiger partial charge is 0.252 e. The van der Waals surface area contributed by atoms with E-state index in [9.17, 15) is 0 Å². The maximum Gasteiger partial charge on any atom is 0.252 e. The topological polar surface area (TPSA) is 9.72 Å². The summed E-state index contributed by atoms with van der Waals surface area (Å²) in [5, 5.41) is 2.64. The molecule has 0 N–H and O–H groups in total. The summed E-state index contributed by atoms with van der Waals surface area (Å²) in [6.45, 7) is 32.3. The molecule has 408 valence electrons. The number of rotatable bonds is 5. The van der Waals surface area contributed by atoms with Gasteiger partial charge in [-0.1, -0.05) is 181 Å². The van der Waals surface area contributed by atoms with Crippen molar-refractivity contribution in [1.29, 1.82) is 0 Å². The molecule has 1 saturated carbocycles. The number of fused-ring (bicyclic) bond motifs is 12. The van der Waals surface area contributed by atoms with Crippen molar-refractivity contribution in [1.82, 2.24) is 0 Å². The first-order valence-electron chi connectivity index (χ1n) is 30.7. The second kappa shape index (κ2) is 17.0. The van der Waals surface area contributed by atoms with Gasteiger partial charge in [-0.15, -0.1) is 11.3 Å². The molecule has 1 fully saturated rings. The van der Waals surface area contributed by atoms with Crippen LogP contribution in [0.1, 0.15) is 175 Å². The van der Waals surface area contributed by atoms with Crippen molar-refractivity contribution < 1.29 is 0 Å². The Labute approximate surface area is 487 Å². The maximum atomic E-state index is 2.92. The summed E-state index contributed by atoms with van der Waals surface area (Å²) >= 11 is 1.92. The number of hydrogen-bond acceptors (Lipinski definition) is 4. The normalized spacial score (nSPS) is 22.2. The highest BCUT2D eigenvalue weighted by atomic mass is 32.1. The average Bonchev–Trinajstić information content (AvgIpc) is 1.79. The van der Waals surface area contributed by atoms with Gasteiger partial charge in [0, 0.05) is 65.4 Å². The highest BCUT2D eigenvalue weighted by molar-refractivity contribution is 7.26. The Kier molecular flexibility index (Phi) is 10.8. The summed E-state index contributed by atoms with van der Waals surface area (Å²) in [5.41, 5.74) is 26.1. The highest BCUT2D eigenvalue weighted by Gasteiger charge is 2.62. The zero-order valence-corrected chi connectivity index (χ0v) is 51.2. The minimum Gasteiger partial charge on any atom is -0.335 e. The minimum atomic E-state index is -0.108. The molecule has 5 heteroatoms. The van der Waals surface area contributed by atoms with Crippen LogP contribution in [0.25, 0.3) is 31.3 Å². The number of hydrogen-bond donors (Lipinski definition) is 0. The lowest BCUT2D eigenvalue weighted by Crippen LogP contribution is -2.64. The summed E-state index contributed by atoms with van der Waals surface area (Å²) in [6.07, 6.45) is 9.55. The molecular weight excluding hydrogens is 998 g/mol. The number of thiophene rings is 1. The second-order valence-electron chi connectivity index (χ2n) is 29.7. The monoisotopic (exact) mass is 1080 g/mol. The maximum absolute atomic E-state index is 2.92. The molecule has 0 radical (unpaired) electrons. The van der Waals surface area contributed by atoms with Crippen LogP contribution in [-0.2, 0) is 32.5 Å². The quantitative estimate of drug-likeness (QED) is 0.159. The zero-order valence-electron chi connectivity index (χ0n) is 50.4. The zero-order chi connectivity index (χ0) is 56.1. The summed E-state index contributed by atoms with van der Waals surface area (Å²) in [7, 11) is 0. The van der Waals surface area contributed by atoms with E-state index in [1.54, 1.807) is 5.56 Å². The molecule has 3 aliphatic heterocycles. The van der Waals surface area contributed by atoms with Gasteiger partial charge in [-0.25, -0.2) is 0 Å². The van der Waals surface area contributed by atoms with Crippen LogP contribution in [0, 0.1) is 0 Å². The van der Waals surface area contributed by atoms with Gasteiger partial charge in [-0.3, -0.25) is 0 Å². The Morgan fingerprint density at radius 3 is 1.70 bits per heavy atom. The Bertz CT molecular complexity index is 4050. The van der Waals surface area contributed by atoms with Crippen molar-refractivity contribution in [3.8, 4) is 11.1 Å². The molecule has 81 heavy (non-hydrogen) atoms. The molecule has 9 aromatic rings. The molecule has 8 aromatic carbocycles. The summed E-state index contributed by atoms with van der Waals surface area (Å²) < 4.78 is 2.64. The Hall–Kier alpha value is -6.56. The average molecular weight is 1080 g/mol. The van der Waals surface area contributed by atoms with Gasteiger partial charge in [0.15, 0.2) is 0 Å². The SMILES string of the molecule is CC(C)(C)c1cc2c3c(c1)C1(C)CCCCC1(C)N3c1cc(-c3ccccc3)cc3c1B2c1ccc(N(c2ccc4c(c2)C(C)(C)CCC4(C)C)c2ccc4c(c2)C(C)(C)CCC4(C)C)cc1N3c1cccc2sc3ccccc3c12. The van der Waals surface area contributed by atoms with Crippen molar-refractivity contribution in [2.75, 3.05) is 14.7 Å². The Morgan fingerprint density at radius 1 is 0.457 bits per heavy atom. The molecule has 1 aromatic heterocycles. The summed E-state index contributed by atoms with van der Waals surface area (Å²) in [6, 6.07) is 60.8. The van der Waals surface area contributed by atoms with Crippen molar-refractivity contribution in [3.05, 3.63) is 185 Å². The lowest BCUT2D eigenvalue weighted by Gasteiger charge is -2.53. The standard InChI is InChI=1S/C76H80BN3S/c1-70(2,3)49-42-58-69-60(43-49)77-59-33-30-52(78(50-28-31-54-56(44-50)73(8,9)38-36-71(54,4)5)51-29-32-55-57(45-51)74(10,11)39-37-72(55,6)7)46-62(59)79(61-25-21-27-66-67(61)53-24-17-18-26-65(53)81-66)63-40-48(47-22-15-14-16-23-47)41-64(68(63)77)80(69)76(13)35-20-19-34-75(58,76)12/h14-18,21-33,40-46H,19-20,34-39H2,1-13H3. The van der Waals surface area contributed by atoms with Gasteiger partial charge in [0.2, 0.25) is 0 Å². The minimum absolute atomic E-state index is 0.00481. The van der Waals surface area contributed by atoms with E-state index >= 15 is 0 Å². The first-order chi connectivity index (χ1) is 38.5. The van der Waals surface area contributed by atoms with Crippen LogP contribution in [0.4, 0.5) is 45.5 Å². The fourth-order valence-corrected chi connectivity index (χ4v) is 17.9. The highest BCUT2D eigenvalue weighted by Crippen LogP contribution is 2.63. The van der Waals surface area contributed by atoms with E-state index in [4.69, 9.17) is 0 Å². The molecule has 2 atom stereocenters. The van der Waals surface area contributed by atoms with E-state index in [0.29, 0.717) is 0 Å². The lowest BCUT2D eigenvalue weighted by molar-refractivity contribution is 0.195. The van der Waals surface area contributed by atoms with Crippen LogP contribution >= 0.6 is 11.3 Å². The van der Waals surface area contributed by atoms with Gasteiger partial charge >= 0.3 is 0 Å². The predicted octanol–water partition coefficient (Wildman–Crippen LogP) is 19.5. The van der Waals surface area contributed by atoms with E-state index in [0.717, 1.165) is 6.42 Å². The van der Waals surface area contributed by atoms with Crippen molar-refractivity contribution in [2.45, 2.75) is 179 Å². The van der Waals surface area contributed by atoms with Gasteiger partial charge in [-0.2, -0.15) is 0 Å². The second-order valence-corrected chi connectivity index (χ2v) is 30.8. The molecule has 0 bridgehead atoms. The fourth-order valence-electron chi connectivity index (χ4n) is 16.8. The number of anilines is 8. The van der Waals surface area contributed by atoms with Gasteiger partial charge in [0.1, 0.15) is 0 Å². The Balaban J connectivity index is 1.07. The lowest BCUT2D eigenvalue weighted by atomic mass is 9.33. The molecule has 6 aliphatic rings. The summed E-state index contributed by atoms with van der Waals surface area (Å²) in [4.78, 5) is 8.31. The van der Waals surface area contributed by atoms with Crippen LogP contribution < -0.4 is 31.1 Å². The Morgan fingerprint density at radius 2 is 1.04 bits per heavy atom. The molecule has 0 spiro atoms. The van der Waals surface area contributed by atoms with Crippen molar-refractivity contribution in [2.24, 2.45) is 0 Å². The third-order valence-electron chi connectivity index (χ3n) is 22.1. The van der Waals surface area contributed by atoms with Crippen molar-refractivity contribution in [3.63, 3.8) is 0 Å². The molecule has 3 aliphatic carbocycles. The molecule has 0 saturated heterocycles. The van der Waals surface area contributed by atoms with Gasteiger partial charge in [0.05, 0.1) is 11.2 Å². The van der Waals surface area contributed by atoms with E-state index in [1.807, 2.05) is 11.3 Å². The van der Waals surface area contributed by atoms with E-state index in [2.05, 4.69) is 256 Å². The molecular formula is C76H80BN3S. The number of benzene rings is 8. The molecule has 15 rings (SSSR count). The predicted molar refractivity (Wildman–Crippen MR) is 351 cm³/mol. The van der Waals surface area contributed by atoms with E-state index in [-0.39, 0.29) is 44.7 Å². The largest absolute Gasteiger partial charge is 0.335 e. The van der Waals surface area contributed by atoms with Gasteiger partial charge in [0.25, 0.3) is 6.71 Å². The van der Waals surface area contributed by atoms with Crippen molar-refractivity contribution >= 4 is 100 Å². The first-order valence-corrected chi connectivity index (χ1v) is 31.5. The summed E-state index contributed by atoms with van der Waals surface area (Å²) in [5.74, 6) is 0. The van der Waals surface area contributed by atoms with Gasteiger partial charge in [-0.05, 0) is 200 Å².